The standard InChI is InChI=1S/C12H24N2O4/c1-5-13(8-10(4)11(16)17)12(18)14(6-7-15)9(2)3/h9-10,15H,5-8H2,1-4H3,(H,16,17). The number of aliphatic hydroxyl groups is 1. The Morgan fingerprint density at radius 1 is 1.22 bits per heavy atom. The Balaban J connectivity index is 4.71. The molecule has 6 nitrogen and oxygen atoms in total. The van der Waals surface area contributed by atoms with E-state index in [1.165, 1.54) is 9.80 Å². The number of carboxylic acid groups (broad SMARTS) is 1. The summed E-state index contributed by atoms with van der Waals surface area (Å²) in [6, 6.07) is -0.256. The Hall–Kier alpha value is -1.30. The topological polar surface area (TPSA) is 81.1 Å². The van der Waals surface area contributed by atoms with Gasteiger partial charge in [0.25, 0.3) is 0 Å². The SMILES string of the molecule is CCN(CC(C)C(=O)O)C(=O)N(CCO)C(C)C. The summed E-state index contributed by atoms with van der Waals surface area (Å²) in [5.41, 5.74) is 0. The second-order valence-corrected chi connectivity index (χ2v) is 4.57. The molecule has 0 rings (SSSR count). The van der Waals surface area contributed by atoms with Gasteiger partial charge in [0.1, 0.15) is 0 Å². The van der Waals surface area contributed by atoms with Gasteiger partial charge in [-0.05, 0) is 20.8 Å². The van der Waals surface area contributed by atoms with E-state index >= 15 is 0 Å². The minimum Gasteiger partial charge on any atom is -0.481 e. The molecule has 0 bridgehead atoms. The maximum Gasteiger partial charge on any atom is 0.320 e. The summed E-state index contributed by atoms with van der Waals surface area (Å²) in [4.78, 5) is 26.1. The number of urea groups is 1. The number of rotatable bonds is 7. The number of nitrogens with zero attached hydrogens (tertiary/aromatic N) is 2. The third-order valence-corrected chi connectivity index (χ3v) is 2.78. The quantitative estimate of drug-likeness (QED) is 0.711. The first-order chi connectivity index (χ1) is 8.34. The van der Waals surface area contributed by atoms with E-state index in [9.17, 15) is 9.59 Å². The first-order valence-electron chi connectivity index (χ1n) is 6.24. The summed E-state index contributed by atoms with van der Waals surface area (Å²) in [6.45, 7) is 7.90. The van der Waals surface area contributed by atoms with E-state index in [1.54, 1.807) is 6.92 Å². The largest absolute Gasteiger partial charge is 0.481 e. The van der Waals surface area contributed by atoms with Gasteiger partial charge in [-0.2, -0.15) is 0 Å². The molecule has 0 saturated carbocycles. The van der Waals surface area contributed by atoms with E-state index in [4.69, 9.17) is 10.2 Å². The van der Waals surface area contributed by atoms with Crippen LogP contribution in [0.2, 0.25) is 0 Å². The Morgan fingerprint density at radius 2 is 1.78 bits per heavy atom. The molecule has 2 N–H and O–H groups in total. The minimum absolute atomic E-state index is 0.0289. The molecule has 0 heterocycles. The van der Waals surface area contributed by atoms with Crippen LogP contribution in [0.5, 0.6) is 0 Å². The van der Waals surface area contributed by atoms with Crippen LogP contribution in [0.15, 0.2) is 0 Å². The second kappa shape index (κ2) is 7.92. The average Bonchev–Trinajstić information content (AvgIpc) is 2.31. The molecule has 2 amide bonds. The number of carbonyl (C=O) groups is 2. The molecule has 6 heteroatoms. The van der Waals surface area contributed by atoms with Crippen LogP contribution in [-0.2, 0) is 4.79 Å². The third-order valence-electron chi connectivity index (χ3n) is 2.78. The molecule has 0 saturated heterocycles. The average molecular weight is 260 g/mol. The highest BCUT2D eigenvalue weighted by molar-refractivity contribution is 5.76. The molecular formula is C12H24N2O4. The lowest BCUT2D eigenvalue weighted by Gasteiger charge is -2.33. The maximum atomic E-state index is 12.2. The number of aliphatic carboxylic acids is 1. The maximum absolute atomic E-state index is 12.2. The first kappa shape index (κ1) is 16.7. The van der Waals surface area contributed by atoms with Crippen LogP contribution >= 0.6 is 0 Å². The molecule has 106 valence electrons. The van der Waals surface area contributed by atoms with Gasteiger partial charge in [-0.1, -0.05) is 6.92 Å². The van der Waals surface area contributed by atoms with Crippen LogP contribution in [0.25, 0.3) is 0 Å². The van der Waals surface area contributed by atoms with Gasteiger partial charge in [0.15, 0.2) is 0 Å². The van der Waals surface area contributed by atoms with Gasteiger partial charge in [0.05, 0.1) is 12.5 Å². The number of hydrogen-bond acceptors (Lipinski definition) is 3. The van der Waals surface area contributed by atoms with Gasteiger partial charge in [-0.25, -0.2) is 4.79 Å². The number of carboxylic acids is 1. The molecule has 1 unspecified atom stereocenters. The van der Waals surface area contributed by atoms with Crippen LogP contribution in [0.3, 0.4) is 0 Å². The molecule has 0 aliphatic carbocycles. The van der Waals surface area contributed by atoms with Gasteiger partial charge >= 0.3 is 12.0 Å². The van der Waals surface area contributed by atoms with Gasteiger partial charge in [0.2, 0.25) is 0 Å². The predicted molar refractivity (Wildman–Crippen MR) is 68.4 cm³/mol. The van der Waals surface area contributed by atoms with Crippen molar-refractivity contribution in [3.05, 3.63) is 0 Å². The third kappa shape index (κ3) is 4.91. The van der Waals surface area contributed by atoms with E-state index < -0.39 is 11.9 Å². The lowest BCUT2D eigenvalue weighted by Crippen LogP contribution is -2.49. The lowest BCUT2D eigenvalue weighted by molar-refractivity contribution is -0.141. The van der Waals surface area contributed by atoms with E-state index in [0.717, 1.165) is 0 Å². The van der Waals surface area contributed by atoms with Crippen molar-refractivity contribution in [2.75, 3.05) is 26.2 Å². The van der Waals surface area contributed by atoms with Crippen molar-refractivity contribution < 1.29 is 19.8 Å². The van der Waals surface area contributed by atoms with Crippen LogP contribution in [0.4, 0.5) is 4.79 Å². The summed E-state index contributed by atoms with van der Waals surface area (Å²) in [5.74, 6) is -1.52. The van der Waals surface area contributed by atoms with Gasteiger partial charge < -0.3 is 20.0 Å². The zero-order chi connectivity index (χ0) is 14.3. The number of hydrogen-bond donors (Lipinski definition) is 2. The fraction of sp³-hybridized carbons (Fsp3) is 0.833. The smallest absolute Gasteiger partial charge is 0.320 e. The Kier molecular flexibility index (Phi) is 7.35. The van der Waals surface area contributed by atoms with Crippen LogP contribution < -0.4 is 0 Å². The van der Waals surface area contributed by atoms with E-state index in [-0.39, 0.29) is 31.8 Å². The number of carbonyl (C=O) groups excluding carboxylic acids is 1. The highest BCUT2D eigenvalue weighted by atomic mass is 16.4. The molecule has 1 atom stereocenters. The summed E-state index contributed by atoms with van der Waals surface area (Å²) in [6.07, 6.45) is 0. The zero-order valence-corrected chi connectivity index (χ0v) is 11.6. The molecule has 0 radical (unpaired) electrons. The predicted octanol–water partition coefficient (Wildman–Crippen LogP) is 0.852. The van der Waals surface area contributed by atoms with E-state index in [0.29, 0.717) is 6.54 Å². The number of aliphatic hydroxyl groups excluding tert-OH is 1. The Bertz CT molecular complexity index is 281. The molecule has 18 heavy (non-hydrogen) atoms. The summed E-state index contributed by atoms with van der Waals surface area (Å²) in [5, 5.41) is 17.8. The van der Waals surface area contributed by atoms with Gasteiger partial charge in [-0.3, -0.25) is 4.79 Å². The minimum atomic E-state index is -0.917. The summed E-state index contributed by atoms with van der Waals surface area (Å²) < 4.78 is 0. The lowest BCUT2D eigenvalue weighted by atomic mass is 10.2. The molecule has 0 spiro atoms. The molecular weight excluding hydrogens is 236 g/mol. The van der Waals surface area contributed by atoms with E-state index in [2.05, 4.69) is 0 Å². The Morgan fingerprint density at radius 3 is 2.11 bits per heavy atom. The normalized spacial score (nSPS) is 12.3. The van der Waals surface area contributed by atoms with Crippen molar-refractivity contribution in [2.24, 2.45) is 5.92 Å². The van der Waals surface area contributed by atoms with Crippen LogP contribution in [0, 0.1) is 5.92 Å². The van der Waals surface area contributed by atoms with Crippen molar-refractivity contribution in [2.45, 2.75) is 33.7 Å². The van der Waals surface area contributed by atoms with Crippen LogP contribution in [-0.4, -0.2) is 64.3 Å². The Labute approximate surface area is 108 Å². The molecule has 0 aromatic heterocycles. The van der Waals surface area contributed by atoms with Gasteiger partial charge in [-0.15, -0.1) is 0 Å². The first-order valence-corrected chi connectivity index (χ1v) is 6.24. The molecule has 0 fully saturated rings. The highest BCUT2D eigenvalue weighted by Gasteiger charge is 2.24. The fourth-order valence-corrected chi connectivity index (χ4v) is 1.62. The van der Waals surface area contributed by atoms with Crippen molar-refractivity contribution in [3.8, 4) is 0 Å². The van der Waals surface area contributed by atoms with Crippen LogP contribution in [0.1, 0.15) is 27.7 Å². The monoisotopic (exact) mass is 260 g/mol. The van der Waals surface area contributed by atoms with Crippen molar-refractivity contribution in [1.82, 2.24) is 9.80 Å². The highest BCUT2D eigenvalue weighted by Crippen LogP contribution is 2.07. The second-order valence-electron chi connectivity index (χ2n) is 4.57. The van der Waals surface area contributed by atoms with Gasteiger partial charge in [0, 0.05) is 25.7 Å². The molecule has 0 aliphatic rings. The molecule has 0 aromatic carbocycles. The summed E-state index contributed by atoms with van der Waals surface area (Å²) >= 11 is 0. The molecule has 0 aromatic rings. The van der Waals surface area contributed by atoms with Crippen molar-refractivity contribution in [3.63, 3.8) is 0 Å². The van der Waals surface area contributed by atoms with Crippen molar-refractivity contribution >= 4 is 12.0 Å². The molecule has 0 aliphatic heterocycles. The summed E-state index contributed by atoms with van der Waals surface area (Å²) in [7, 11) is 0. The fourth-order valence-electron chi connectivity index (χ4n) is 1.62. The van der Waals surface area contributed by atoms with E-state index in [1.807, 2.05) is 20.8 Å². The number of amides is 2. The van der Waals surface area contributed by atoms with Crippen molar-refractivity contribution in [1.29, 1.82) is 0 Å². The zero-order valence-electron chi connectivity index (χ0n) is 11.6.